The van der Waals surface area contributed by atoms with Gasteiger partial charge in [0, 0.05) is 13.1 Å². The highest BCUT2D eigenvalue weighted by molar-refractivity contribution is 7.98. The molecule has 1 unspecified atom stereocenters. The van der Waals surface area contributed by atoms with Gasteiger partial charge in [-0.15, -0.1) is 0 Å². The maximum absolute atomic E-state index is 12.6. The summed E-state index contributed by atoms with van der Waals surface area (Å²) in [6.07, 6.45) is -2.87. The van der Waals surface area contributed by atoms with Crippen LogP contribution in [0.3, 0.4) is 0 Å². The lowest BCUT2D eigenvalue weighted by Crippen LogP contribution is -2.38. The van der Waals surface area contributed by atoms with Crippen molar-refractivity contribution < 1.29 is 23.1 Å². The van der Waals surface area contributed by atoms with Gasteiger partial charge in [0.25, 0.3) is 0 Å². The Morgan fingerprint density at radius 2 is 2.09 bits per heavy atom. The maximum Gasteiger partial charge on any atom is 0.416 e. The zero-order valence-electron chi connectivity index (χ0n) is 12.1. The molecular formula is C14H19F3N2O2S. The molecule has 0 aliphatic carbocycles. The summed E-state index contributed by atoms with van der Waals surface area (Å²) < 4.78 is 37.8. The summed E-state index contributed by atoms with van der Waals surface area (Å²) in [5, 5.41) is 14.9. The Bertz CT molecular complexity index is 483. The van der Waals surface area contributed by atoms with Crippen LogP contribution in [0.15, 0.2) is 24.3 Å². The Hall–Kier alpha value is -1.41. The average Bonchev–Trinajstić information content (AvgIpc) is 2.48. The normalized spacial score (nSPS) is 12.8. The molecule has 1 rings (SSSR count). The molecule has 124 valence electrons. The lowest BCUT2D eigenvalue weighted by atomic mass is 10.1. The number of amides is 2. The second kappa shape index (κ2) is 8.89. The summed E-state index contributed by atoms with van der Waals surface area (Å²) in [5.41, 5.74) is -0.719. The van der Waals surface area contributed by atoms with Gasteiger partial charge in [-0.05, 0) is 36.1 Å². The Morgan fingerprint density at radius 3 is 2.73 bits per heavy atom. The van der Waals surface area contributed by atoms with Crippen molar-refractivity contribution in [2.75, 3.05) is 25.1 Å². The van der Waals surface area contributed by atoms with Crippen molar-refractivity contribution >= 4 is 17.8 Å². The first-order valence-corrected chi connectivity index (χ1v) is 8.10. The largest absolute Gasteiger partial charge is 0.416 e. The molecule has 1 atom stereocenters. The highest BCUT2D eigenvalue weighted by Gasteiger charge is 2.30. The molecule has 0 radical (unpaired) electrons. The van der Waals surface area contributed by atoms with Crippen LogP contribution in [0.4, 0.5) is 18.0 Å². The summed E-state index contributed by atoms with van der Waals surface area (Å²) in [6, 6.07) is 3.97. The number of benzene rings is 1. The second-order valence-corrected chi connectivity index (χ2v) is 5.61. The molecule has 0 saturated heterocycles. The minimum atomic E-state index is -4.46. The van der Waals surface area contributed by atoms with Gasteiger partial charge in [-0.2, -0.15) is 24.9 Å². The molecule has 2 amide bonds. The SMILES string of the molecule is CSCCCNC(=O)NCC(O)c1cccc(C(F)(F)F)c1. The van der Waals surface area contributed by atoms with Crippen LogP contribution in [0.25, 0.3) is 0 Å². The highest BCUT2D eigenvalue weighted by atomic mass is 32.2. The van der Waals surface area contributed by atoms with E-state index in [-0.39, 0.29) is 12.1 Å². The van der Waals surface area contributed by atoms with Crippen LogP contribution in [-0.4, -0.2) is 36.2 Å². The summed E-state index contributed by atoms with van der Waals surface area (Å²) in [5.74, 6) is 0.924. The van der Waals surface area contributed by atoms with Gasteiger partial charge >= 0.3 is 12.2 Å². The smallest absolute Gasteiger partial charge is 0.387 e. The standard InChI is InChI=1S/C14H19F3N2O2S/c1-22-7-3-6-18-13(21)19-9-12(20)10-4-2-5-11(8-10)14(15,16)17/h2,4-5,8,12,20H,3,6-7,9H2,1H3,(H2,18,19,21). The lowest BCUT2D eigenvalue weighted by molar-refractivity contribution is -0.137. The lowest BCUT2D eigenvalue weighted by Gasteiger charge is -2.15. The minimum absolute atomic E-state index is 0.109. The third-order valence-electron chi connectivity index (χ3n) is 2.87. The van der Waals surface area contributed by atoms with Crippen molar-refractivity contribution in [1.82, 2.24) is 10.6 Å². The molecule has 0 spiro atoms. The molecule has 0 aromatic heterocycles. The molecule has 1 aromatic carbocycles. The van der Waals surface area contributed by atoms with E-state index >= 15 is 0 Å². The molecule has 3 N–H and O–H groups in total. The average molecular weight is 336 g/mol. The van der Waals surface area contributed by atoms with Gasteiger partial charge in [0.2, 0.25) is 0 Å². The van der Waals surface area contributed by atoms with Crippen molar-refractivity contribution in [3.63, 3.8) is 0 Å². The van der Waals surface area contributed by atoms with Gasteiger partial charge in [0.15, 0.2) is 0 Å². The van der Waals surface area contributed by atoms with E-state index in [4.69, 9.17) is 0 Å². The topological polar surface area (TPSA) is 61.4 Å². The van der Waals surface area contributed by atoms with Crippen LogP contribution in [0.2, 0.25) is 0 Å². The Morgan fingerprint density at radius 1 is 1.36 bits per heavy atom. The Kier molecular flexibility index (Phi) is 7.53. The second-order valence-electron chi connectivity index (χ2n) is 4.62. The van der Waals surface area contributed by atoms with E-state index in [2.05, 4.69) is 10.6 Å². The number of alkyl halides is 3. The van der Waals surface area contributed by atoms with Gasteiger partial charge in [-0.25, -0.2) is 4.79 Å². The van der Waals surface area contributed by atoms with Crippen LogP contribution in [0, 0.1) is 0 Å². The van der Waals surface area contributed by atoms with Gasteiger partial charge in [0.05, 0.1) is 11.7 Å². The fourth-order valence-corrected chi connectivity index (χ4v) is 2.14. The molecule has 0 bridgehead atoms. The molecule has 1 aromatic rings. The van der Waals surface area contributed by atoms with Crippen LogP contribution in [-0.2, 0) is 6.18 Å². The third kappa shape index (κ3) is 6.57. The monoisotopic (exact) mass is 336 g/mol. The first kappa shape index (κ1) is 18.6. The number of urea groups is 1. The van der Waals surface area contributed by atoms with E-state index in [0.29, 0.717) is 6.54 Å². The summed E-state index contributed by atoms with van der Waals surface area (Å²) >= 11 is 1.67. The summed E-state index contributed by atoms with van der Waals surface area (Å²) in [6.45, 7) is 0.349. The van der Waals surface area contributed by atoms with Crippen molar-refractivity contribution in [2.45, 2.75) is 18.7 Å². The zero-order chi connectivity index (χ0) is 16.6. The zero-order valence-corrected chi connectivity index (χ0v) is 12.9. The predicted octanol–water partition coefficient (Wildman–Crippen LogP) is 2.79. The van der Waals surface area contributed by atoms with Gasteiger partial charge in [-0.3, -0.25) is 0 Å². The van der Waals surface area contributed by atoms with E-state index in [1.54, 1.807) is 11.8 Å². The highest BCUT2D eigenvalue weighted by Crippen LogP contribution is 2.30. The molecule has 0 heterocycles. The number of aliphatic hydroxyl groups excluding tert-OH is 1. The quantitative estimate of drug-likeness (QED) is 0.671. The molecule has 0 fully saturated rings. The molecule has 8 heteroatoms. The molecule has 0 saturated carbocycles. The number of carbonyl (C=O) groups is 1. The number of hydrogen-bond donors (Lipinski definition) is 3. The molecule has 22 heavy (non-hydrogen) atoms. The van der Waals surface area contributed by atoms with E-state index in [1.807, 2.05) is 6.26 Å². The van der Waals surface area contributed by atoms with Crippen LogP contribution in [0.5, 0.6) is 0 Å². The Labute approximate surface area is 131 Å². The summed E-state index contributed by atoms with van der Waals surface area (Å²) in [7, 11) is 0. The number of halogens is 3. The summed E-state index contributed by atoms with van der Waals surface area (Å²) in [4.78, 5) is 11.4. The van der Waals surface area contributed by atoms with Crippen molar-refractivity contribution in [3.8, 4) is 0 Å². The van der Waals surface area contributed by atoms with Crippen molar-refractivity contribution in [3.05, 3.63) is 35.4 Å². The number of hydrogen-bond acceptors (Lipinski definition) is 3. The first-order chi connectivity index (χ1) is 10.3. The van der Waals surface area contributed by atoms with E-state index in [1.165, 1.54) is 12.1 Å². The van der Waals surface area contributed by atoms with Crippen molar-refractivity contribution in [2.24, 2.45) is 0 Å². The number of carbonyl (C=O) groups excluding carboxylic acids is 1. The van der Waals surface area contributed by atoms with E-state index in [9.17, 15) is 23.1 Å². The fourth-order valence-electron chi connectivity index (χ4n) is 1.71. The number of rotatable bonds is 7. The molecular weight excluding hydrogens is 317 g/mol. The van der Waals surface area contributed by atoms with E-state index in [0.717, 1.165) is 24.3 Å². The van der Waals surface area contributed by atoms with Crippen molar-refractivity contribution in [1.29, 1.82) is 0 Å². The molecule has 0 aliphatic rings. The number of nitrogens with one attached hydrogen (secondary N) is 2. The van der Waals surface area contributed by atoms with Crippen LogP contribution < -0.4 is 10.6 Å². The molecule has 4 nitrogen and oxygen atoms in total. The number of thioether (sulfide) groups is 1. The number of aliphatic hydroxyl groups is 1. The van der Waals surface area contributed by atoms with E-state index < -0.39 is 23.9 Å². The Balaban J connectivity index is 2.45. The van der Waals surface area contributed by atoms with Crippen LogP contribution >= 0.6 is 11.8 Å². The minimum Gasteiger partial charge on any atom is -0.387 e. The maximum atomic E-state index is 12.6. The first-order valence-electron chi connectivity index (χ1n) is 6.70. The van der Waals surface area contributed by atoms with Gasteiger partial charge in [-0.1, -0.05) is 12.1 Å². The predicted molar refractivity (Wildman–Crippen MR) is 80.8 cm³/mol. The van der Waals surface area contributed by atoms with Crippen LogP contribution in [0.1, 0.15) is 23.7 Å². The fraction of sp³-hybridized carbons (Fsp3) is 0.500. The van der Waals surface area contributed by atoms with Gasteiger partial charge in [0.1, 0.15) is 0 Å². The van der Waals surface area contributed by atoms with Gasteiger partial charge < -0.3 is 15.7 Å². The third-order valence-corrected chi connectivity index (χ3v) is 3.56. The molecule has 0 aliphatic heterocycles.